The highest BCUT2D eigenvalue weighted by molar-refractivity contribution is 9.10. The molecule has 0 spiro atoms. The summed E-state index contributed by atoms with van der Waals surface area (Å²) in [6.07, 6.45) is 3.32. The van der Waals surface area contributed by atoms with E-state index in [2.05, 4.69) is 25.6 Å². The molecule has 0 aliphatic rings. The summed E-state index contributed by atoms with van der Waals surface area (Å²) in [6.45, 7) is 0. The zero-order valence-electron chi connectivity index (χ0n) is 12.0. The Balaban J connectivity index is 1.92. The molecule has 24 heavy (non-hydrogen) atoms. The first kappa shape index (κ1) is 17.1. The maximum absolute atomic E-state index is 13.9. The number of sulfonamides is 1. The van der Waals surface area contributed by atoms with Crippen molar-refractivity contribution in [1.29, 1.82) is 0 Å². The lowest BCUT2D eigenvalue weighted by atomic mass is 10.2. The smallest absolute Gasteiger partial charge is 0.263 e. The number of hydrogen-bond acceptors (Lipinski definition) is 3. The third-order valence-electron chi connectivity index (χ3n) is 3.28. The molecule has 0 bridgehead atoms. The van der Waals surface area contributed by atoms with E-state index < -0.39 is 27.3 Å². The molecule has 9 heteroatoms. The molecule has 0 amide bonds. The third-order valence-corrected chi connectivity index (χ3v) is 6.21. The number of aromatic nitrogens is 1. The Labute approximate surface area is 149 Å². The SMILES string of the molecule is O=S(=O)(Nc1cc(F)c(Br)cc1F)c1c[nH]cc1Cc1cccs1. The van der Waals surface area contributed by atoms with Crippen molar-refractivity contribution in [3.05, 3.63) is 68.6 Å². The van der Waals surface area contributed by atoms with Crippen molar-refractivity contribution in [2.24, 2.45) is 0 Å². The van der Waals surface area contributed by atoms with Crippen LogP contribution in [0.25, 0.3) is 0 Å². The Bertz CT molecular complexity index is 970. The van der Waals surface area contributed by atoms with Crippen LogP contribution < -0.4 is 4.72 Å². The molecular formula is C15H11BrF2N2O2S2. The van der Waals surface area contributed by atoms with Gasteiger partial charge in [0.15, 0.2) is 0 Å². The van der Waals surface area contributed by atoms with E-state index in [1.54, 1.807) is 6.20 Å². The van der Waals surface area contributed by atoms with Crippen LogP contribution >= 0.6 is 27.3 Å². The lowest BCUT2D eigenvalue weighted by Gasteiger charge is -2.10. The Morgan fingerprint density at radius 1 is 1.21 bits per heavy atom. The van der Waals surface area contributed by atoms with E-state index in [1.807, 2.05) is 17.5 Å². The van der Waals surface area contributed by atoms with Crippen LogP contribution in [0.5, 0.6) is 0 Å². The second-order valence-corrected chi connectivity index (χ2v) is 8.49. The lowest BCUT2D eigenvalue weighted by Crippen LogP contribution is -2.15. The highest BCUT2D eigenvalue weighted by atomic mass is 79.9. The first-order valence-corrected chi connectivity index (χ1v) is 9.88. The molecule has 0 saturated carbocycles. The molecule has 1 aromatic carbocycles. The van der Waals surface area contributed by atoms with E-state index in [9.17, 15) is 17.2 Å². The fraction of sp³-hybridized carbons (Fsp3) is 0.0667. The molecule has 4 nitrogen and oxygen atoms in total. The number of benzene rings is 1. The molecule has 3 aromatic rings. The monoisotopic (exact) mass is 432 g/mol. The minimum atomic E-state index is -4.05. The number of H-pyrrole nitrogens is 1. The molecule has 0 aliphatic heterocycles. The first-order valence-electron chi connectivity index (χ1n) is 6.72. The molecule has 2 heterocycles. The van der Waals surface area contributed by atoms with Gasteiger partial charge in [-0.1, -0.05) is 6.07 Å². The van der Waals surface area contributed by atoms with Gasteiger partial charge >= 0.3 is 0 Å². The maximum Gasteiger partial charge on any atom is 0.263 e. The van der Waals surface area contributed by atoms with Gasteiger partial charge in [0.05, 0.1) is 10.2 Å². The van der Waals surface area contributed by atoms with Gasteiger partial charge in [-0.25, -0.2) is 17.2 Å². The number of nitrogens with one attached hydrogen (secondary N) is 2. The number of aromatic amines is 1. The molecule has 0 saturated heterocycles. The van der Waals surface area contributed by atoms with Gasteiger partial charge in [0.1, 0.15) is 16.5 Å². The summed E-state index contributed by atoms with van der Waals surface area (Å²) in [6, 6.07) is 5.43. The largest absolute Gasteiger partial charge is 0.366 e. The Kier molecular flexibility index (Phi) is 4.75. The second kappa shape index (κ2) is 6.66. The van der Waals surface area contributed by atoms with Crippen LogP contribution in [0.4, 0.5) is 14.5 Å². The fourth-order valence-electron chi connectivity index (χ4n) is 2.17. The number of hydrogen-bond donors (Lipinski definition) is 2. The van der Waals surface area contributed by atoms with Gasteiger partial charge < -0.3 is 4.98 Å². The summed E-state index contributed by atoms with van der Waals surface area (Å²) >= 11 is 4.35. The predicted molar refractivity (Wildman–Crippen MR) is 92.8 cm³/mol. The van der Waals surface area contributed by atoms with Gasteiger partial charge in [0.25, 0.3) is 10.0 Å². The number of halogens is 3. The number of rotatable bonds is 5. The molecule has 2 N–H and O–H groups in total. The van der Waals surface area contributed by atoms with Gasteiger partial charge in [-0.2, -0.15) is 0 Å². The Hall–Kier alpha value is -1.71. The van der Waals surface area contributed by atoms with Crippen LogP contribution in [0.2, 0.25) is 0 Å². The topological polar surface area (TPSA) is 62.0 Å². The molecule has 2 aromatic heterocycles. The van der Waals surface area contributed by atoms with Gasteiger partial charge in [0, 0.05) is 29.8 Å². The summed E-state index contributed by atoms with van der Waals surface area (Å²) in [5.41, 5.74) is 0.0990. The highest BCUT2D eigenvalue weighted by Crippen LogP contribution is 2.27. The predicted octanol–water partition coefficient (Wildman–Crippen LogP) is 4.51. The standard InChI is InChI=1S/C15H11BrF2N2O2S2/c16-11-5-13(18)14(6-12(11)17)20-24(21,22)15-8-19-7-9(15)4-10-2-1-3-23-10/h1-3,5-8,19-20H,4H2. The van der Waals surface area contributed by atoms with Crippen molar-refractivity contribution in [1.82, 2.24) is 4.98 Å². The van der Waals surface area contributed by atoms with E-state index in [0.717, 1.165) is 17.0 Å². The van der Waals surface area contributed by atoms with Gasteiger partial charge in [-0.15, -0.1) is 11.3 Å². The maximum atomic E-state index is 13.9. The van der Waals surface area contributed by atoms with Crippen LogP contribution in [0, 0.1) is 11.6 Å². The van der Waals surface area contributed by atoms with E-state index in [1.165, 1.54) is 17.5 Å². The number of thiophene rings is 1. The lowest BCUT2D eigenvalue weighted by molar-refractivity contribution is 0.591. The summed E-state index contributed by atoms with van der Waals surface area (Å²) in [7, 11) is -4.05. The Morgan fingerprint density at radius 2 is 2.00 bits per heavy atom. The number of anilines is 1. The van der Waals surface area contributed by atoms with Crippen LogP contribution in [-0.4, -0.2) is 13.4 Å². The van der Waals surface area contributed by atoms with Crippen molar-refractivity contribution >= 4 is 43.0 Å². The molecule has 3 rings (SSSR count). The highest BCUT2D eigenvalue weighted by Gasteiger charge is 2.22. The van der Waals surface area contributed by atoms with Crippen molar-refractivity contribution in [3.63, 3.8) is 0 Å². The second-order valence-electron chi connectivity index (χ2n) is 4.95. The molecular weight excluding hydrogens is 422 g/mol. The van der Waals surface area contributed by atoms with Crippen molar-refractivity contribution < 1.29 is 17.2 Å². The molecule has 0 unspecified atom stereocenters. The van der Waals surface area contributed by atoms with E-state index in [-0.39, 0.29) is 9.37 Å². The van der Waals surface area contributed by atoms with Crippen LogP contribution in [-0.2, 0) is 16.4 Å². The normalized spacial score (nSPS) is 11.6. The van der Waals surface area contributed by atoms with Gasteiger partial charge in [-0.3, -0.25) is 4.72 Å². The van der Waals surface area contributed by atoms with Crippen LogP contribution in [0.3, 0.4) is 0 Å². The third kappa shape index (κ3) is 3.52. The van der Waals surface area contributed by atoms with Gasteiger partial charge in [-0.05, 0) is 39.0 Å². The van der Waals surface area contributed by atoms with E-state index >= 15 is 0 Å². The summed E-state index contributed by atoms with van der Waals surface area (Å²) < 4.78 is 54.5. The summed E-state index contributed by atoms with van der Waals surface area (Å²) in [5.74, 6) is -1.64. The van der Waals surface area contributed by atoms with Gasteiger partial charge in [0.2, 0.25) is 0 Å². The quantitative estimate of drug-likeness (QED) is 0.582. The average Bonchev–Trinajstić information content (AvgIpc) is 3.17. The molecule has 0 atom stereocenters. The summed E-state index contributed by atoms with van der Waals surface area (Å²) in [5, 5.41) is 1.90. The van der Waals surface area contributed by atoms with Crippen molar-refractivity contribution in [2.75, 3.05) is 4.72 Å². The molecule has 126 valence electrons. The zero-order valence-corrected chi connectivity index (χ0v) is 15.2. The molecule has 0 radical (unpaired) electrons. The van der Waals surface area contributed by atoms with Crippen molar-refractivity contribution in [2.45, 2.75) is 11.3 Å². The molecule has 0 fully saturated rings. The Morgan fingerprint density at radius 3 is 2.71 bits per heavy atom. The fourth-order valence-corrected chi connectivity index (χ4v) is 4.47. The van der Waals surface area contributed by atoms with Crippen molar-refractivity contribution in [3.8, 4) is 0 Å². The zero-order chi connectivity index (χ0) is 17.3. The van der Waals surface area contributed by atoms with E-state index in [0.29, 0.717) is 12.0 Å². The molecule has 0 aliphatic carbocycles. The van der Waals surface area contributed by atoms with E-state index in [4.69, 9.17) is 0 Å². The minimum absolute atomic E-state index is 0.00127. The van der Waals surface area contributed by atoms with Crippen LogP contribution in [0.15, 0.2) is 51.4 Å². The average molecular weight is 433 g/mol. The minimum Gasteiger partial charge on any atom is -0.366 e. The summed E-state index contributed by atoms with van der Waals surface area (Å²) in [4.78, 5) is 3.74. The van der Waals surface area contributed by atoms with Crippen LogP contribution in [0.1, 0.15) is 10.4 Å². The first-order chi connectivity index (χ1) is 11.4.